The summed E-state index contributed by atoms with van der Waals surface area (Å²) in [5.41, 5.74) is 1.61. The summed E-state index contributed by atoms with van der Waals surface area (Å²) in [6.45, 7) is 1.47. The predicted molar refractivity (Wildman–Crippen MR) is 78.3 cm³/mol. The molecule has 0 aliphatic carbocycles. The largest absolute Gasteiger partial charge is 0.323 e. The van der Waals surface area contributed by atoms with Gasteiger partial charge in [0.25, 0.3) is 0 Å². The summed E-state index contributed by atoms with van der Waals surface area (Å²) >= 11 is 5.72. The van der Waals surface area contributed by atoms with Gasteiger partial charge in [-0.25, -0.2) is 9.78 Å². The molecule has 0 aliphatic heterocycles. The summed E-state index contributed by atoms with van der Waals surface area (Å²) in [7, 11) is 0. The number of nitrogens with zero attached hydrogens (tertiary/aromatic N) is 1. The van der Waals surface area contributed by atoms with Crippen LogP contribution in [0.3, 0.4) is 0 Å². The van der Waals surface area contributed by atoms with Crippen molar-refractivity contribution >= 4 is 34.8 Å². The maximum Gasteiger partial charge on any atom is 0.323 e. The van der Waals surface area contributed by atoms with Crippen molar-refractivity contribution in [3.8, 4) is 0 Å². The minimum Gasteiger partial charge on any atom is -0.308 e. The highest BCUT2D eigenvalue weighted by atomic mass is 35.5. The fourth-order valence-electron chi connectivity index (χ4n) is 1.59. The Morgan fingerprint density at radius 2 is 1.80 bits per heavy atom. The number of benzene rings is 1. The highest BCUT2D eigenvalue weighted by molar-refractivity contribution is 6.29. The molecule has 2 amide bonds. The van der Waals surface area contributed by atoms with Crippen molar-refractivity contribution in [3.63, 3.8) is 0 Å². The first kappa shape index (κ1) is 14.0. The normalized spacial score (nSPS) is 9.90. The molecule has 1 heterocycles. The van der Waals surface area contributed by atoms with Gasteiger partial charge in [-0.2, -0.15) is 0 Å². The zero-order valence-corrected chi connectivity index (χ0v) is 11.4. The van der Waals surface area contributed by atoms with Gasteiger partial charge in [0.1, 0.15) is 5.15 Å². The van der Waals surface area contributed by atoms with Crippen LogP contribution in [0.5, 0.6) is 0 Å². The lowest BCUT2D eigenvalue weighted by Gasteiger charge is -2.08. The number of nitrogens with one attached hydrogen (secondary N) is 2. The van der Waals surface area contributed by atoms with Gasteiger partial charge in [-0.15, -0.1) is 0 Å². The highest BCUT2D eigenvalue weighted by Gasteiger charge is 2.05. The number of aromatic nitrogens is 1. The molecule has 5 nitrogen and oxygen atoms in total. The smallest absolute Gasteiger partial charge is 0.308 e. The van der Waals surface area contributed by atoms with Crippen LogP contribution in [0, 0.1) is 0 Å². The molecule has 0 bridgehead atoms. The lowest BCUT2D eigenvalue weighted by molar-refractivity contribution is 0.101. The number of carbonyl (C=O) groups excluding carboxylic acids is 2. The molecule has 0 fully saturated rings. The molecule has 0 radical (unpaired) electrons. The number of hydrogen-bond donors (Lipinski definition) is 2. The van der Waals surface area contributed by atoms with Gasteiger partial charge in [-0.1, -0.05) is 23.7 Å². The molecular formula is C14H12ClN3O2. The molecule has 0 atom stereocenters. The Hall–Kier alpha value is -2.40. The molecule has 0 saturated carbocycles. The second-order valence-electron chi connectivity index (χ2n) is 4.08. The summed E-state index contributed by atoms with van der Waals surface area (Å²) < 4.78 is 0. The number of ketones is 1. The number of Topliss-reactive ketones (excluding diaryl/α,β-unsaturated/α-hetero) is 1. The maximum atomic E-state index is 11.8. The van der Waals surface area contributed by atoms with Crippen molar-refractivity contribution in [3.05, 3.63) is 53.3 Å². The van der Waals surface area contributed by atoms with Crippen molar-refractivity contribution in [1.82, 2.24) is 4.98 Å². The number of rotatable bonds is 3. The molecular weight excluding hydrogens is 278 g/mol. The molecule has 2 rings (SSSR count). The van der Waals surface area contributed by atoms with Crippen molar-refractivity contribution in [2.75, 3.05) is 10.6 Å². The van der Waals surface area contributed by atoms with Crippen molar-refractivity contribution < 1.29 is 9.59 Å². The maximum absolute atomic E-state index is 11.8. The molecule has 6 heteroatoms. The van der Waals surface area contributed by atoms with E-state index >= 15 is 0 Å². The Labute approximate surface area is 121 Å². The Balaban J connectivity index is 2.04. The van der Waals surface area contributed by atoms with Gasteiger partial charge in [-0.3, -0.25) is 4.79 Å². The summed E-state index contributed by atoms with van der Waals surface area (Å²) in [4.78, 5) is 26.9. The standard InChI is InChI=1S/C14H12ClN3O2/c1-9(19)10-3-2-4-11(7-10)17-14(20)18-12-5-6-16-13(15)8-12/h2-8H,1H3,(H2,16,17,18,20). The Morgan fingerprint density at radius 1 is 1.10 bits per heavy atom. The number of amides is 2. The highest BCUT2D eigenvalue weighted by Crippen LogP contribution is 2.14. The molecule has 1 aromatic heterocycles. The van der Waals surface area contributed by atoms with Crippen LogP contribution in [0.2, 0.25) is 5.15 Å². The number of carbonyl (C=O) groups is 2. The first-order valence-electron chi connectivity index (χ1n) is 5.85. The molecule has 1 aromatic carbocycles. The van der Waals surface area contributed by atoms with E-state index in [0.29, 0.717) is 22.1 Å². The van der Waals surface area contributed by atoms with E-state index in [4.69, 9.17) is 11.6 Å². The number of urea groups is 1. The predicted octanol–water partition coefficient (Wildman–Crippen LogP) is 3.58. The first-order valence-corrected chi connectivity index (χ1v) is 6.23. The topological polar surface area (TPSA) is 71.1 Å². The second kappa shape index (κ2) is 6.16. The van der Waals surface area contributed by atoms with Gasteiger partial charge in [0.15, 0.2) is 5.78 Å². The van der Waals surface area contributed by atoms with Crippen LogP contribution in [0.15, 0.2) is 42.6 Å². The molecule has 20 heavy (non-hydrogen) atoms. The Kier molecular flexibility index (Phi) is 4.32. The molecule has 0 aliphatic rings. The van der Waals surface area contributed by atoms with Crippen LogP contribution in [0.1, 0.15) is 17.3 Å². The van der Waals surface area contributed by atoms with E-state index < -0.39 is 6.03 Å². The lowest BCUT2D eigenvalue weighted by Crippen LogP contribution is -2.19. The first-order chi connectivity index (χ1) is 9.54. The minimum atomic E-state index is -0.423. The number of anilines is 2. The van der Waals surface area contributed by atoms with Crippen molar-refractivity contribution in [2.24, 2.45) is 0 Å². The monoisotopic (exact) mass is 289 g/mol. The fraction of sp³-hybridized carbons (Fsp3) is 0.0714. The van der Waals surface area contributed by atoms with E-state index in [1.807, 2.05) is 0 Å². The number of pyridine rings is 1. The quantitative estimate of drug-likeness (QED) is 0.670. The summed E-state index contributed by atoms with van der Waals surface area (Å²) in [5, 5.41) is 5.55. The van der Waals surface area contributed by atoms with E-state index in [1.54, 1.807) is 30.3 Å². The van der Waals surface area contributed by atoms with Crippen LogP contribution in [-0.4, -0.2) is 16.8 Å². The molecule has 0 saturated heterocycles. The van der Waals surface area contributed by atoms with Gasteiger partial charge >= 0.3 is 6.03 Å². The summed E-state index contributed by atoms with van der Waals surface area (Å²) in [6.07, 6.45) is 1.49. The Bertz CT molecular complexity index is 658. The van der Waals surface area contributed by atoms with Gasteiger partial charge in [0.05, 0.1) is 0 Å². The molecule has 0 unspecified atom stereocenters. The van der Waals surface area contributed by atoms with Crippen LogP contribution >= 0.6 is 11.6 Å². The summed E-state index contributed by atoms with van der Waals surface area (Å²) in [5.74, 6) is -0.0602. The van der Waals surface area contributed by atoms with E-state index in [-0.39, 0.29) is 5.78 Å². The van der Waals surface area contributed by atoms with Gasteiger partial charge in [0, 0.05) is 23.1 Å². The molecule has 2 N–H and O–H groups in total. The zero-order chi connectivity index (χ0) is 14.5. The molecule has 2 aromatic rings. The molecule has 102 valence electrons. The van der Waals surface area contributed by atoms with E-state index in [1.165, 1.54) is 19.2 Å². The van der Waals surface area contributed by atoms with Crippen LogP contribution in [0.25, 0.3) is 0 Å². The average molecular weight is 290 g/mol. The van der Waals surface area contributed by atoms with Crippen LogP contribution in [0.4, 0.5) is 16.2 Å². The van der Waals surface area contributed by atoms with Crippen LogP contribution in [-0.2, 0) is 0 Å². The van der Waals surface area contributed by atoms with Crippen molar-refractivity contribution in [1.29, 1.82) is 0 Å². The van der Waals surface area contributed by atoms with E-state index in [9.17, 15) is 9.59 Å². The minimum absolute atomic E-state index is 0.0602. The Morgan fingerprint density at radius 3 is 2.45 bits per heavy atom. The third-order valence-corrected chi connectivity index (χ3v) is 2.72. The lowest BCUT2D eigenvalue weighted by atomic mass is 10.1. The third kappa shape index (κ3) is 3.80. The number of hydrogen-bond acceptors (Lipinski definition) is 3. The van der Waals surface area contributed by atoms with E-state index in [0.717, 1.165) is 0 Å². The van der Waals surface area contributed by atoms with E-state index in [2.05, 4.69) is 15.6 Å². The zero-order valence-electron chi connectivity index (χ0n) is 10.7. The summed E-state index contributed by atoms with van der Waals surface area (Å²) in [6, 6.07) is 9.44. The third-order valence-electron chi connectivity index (χ3n) is 2.51. The fourth-order valence-corrected chi connectivity index (χ4v) is 1.76. The van der Waals surface area contributed by atoms with Crippen LogP contribution < -0.4 is 10.6 Å². The van der Waals surface area contributed by atoms with Gasteiger partial charge in [-0.05, 0) is 31.2 Å². The number of halogens is 1. The van der Waals surface area contributed by atoms with Crippen molar-refractivity contribution in [2.45, 2.75) is 6.92 Å². The molecule has 0 spiro atoms. The SMILES string of the molecule is CC(=O)c1cccc(NC(=O)Nc2ccnc(Cl)c2)c1. The van der Waals surface area contributed by atoms with Gasteiger partial charge in [0.2, 0.25) is 0 Å². The van der Waals surface area contributed by atoms with Gasteiger partial charge < -0.3 is 10.6 Å². The second-order valence-corrected chi connectivity index (χ2v) is 4.47. The average Bonchev–Trinajstić information content (AvgIpc) is 2.38.